The van der Waals surface area contributed by atoms with Gasteiger partial charge in [0.1, 0.15) is 10.6 Å². The molecule has 154 valence electrons. The Kier molecular flexibility index (Phi) is 4.44. The Bertz CT molecular complexity index is 1530. The molecule has 0 fully saturated rings. The fraction of sp³-hybridized carbons (Fsp3) is 0.0385. The summed E-state index contributed by atoms with van der Waals surface area (Å²) >= 11 is 1.50. The van der Waals surface area contributed by atoms with E-state index in [4.69, 9.17) is 9.52 Å². The minimum atomic E-state index is 0.616. The van der Waals surface area contributed by atoms with Crippen LogP contribution in [-0.4, -0.2) is 19.8 Å². The van der Waals surface area contributed by atoms with E-state index in [0.717, 1.165) is 43.2 Å². The molecule has 0 saturated carbocycles. The first-order chi connectivity index (χ1) is 15.8. The number of furan rings is 1. The molecule has 6 rings (SSSR count). The molecule has 0 unspecified atom stereocenters. The molecule has 0 spiro atoms. The summed E-state index contributed by atoms with van der Waals surface area (Å²) in [5, 5.41) is 15.5. The van der Waals surface area contributed by atoms with Gasteiger partial charge >= 0.3 is 0 Å². The van der Waals surface area contributed by atoms with E-state index in [9.17, 15) is 0 Å². The lowest BCUT2D eigenvalue weighted by Crippen LogP contribution is -1.92. The van der Waals surface area contributed by atoms with Crippen molar-refractivity contribution in [3.05, 3.63) is 107 Å². The Balaban J connectivity index is 1.49. The maximum Gasteiger partial charge on any atom is 0.235 e. The maximum atomic E-state index is 6.11. The predicted octanol–water partition coefficient (Wildman–Crippen LogP) is 6.50. The van der Waals surface area contributed by atoms with Crippen LogP contribution in [0, 0.1) is 6.92 Å². The van der Waals surface area contributed by atoms with Crippen molar-refractivity contribution in [2.24, 2.45) is 0 Å². The second-order valence-corrected chi connectivity index (χ2v) is 8.49. The summed E-state index contributed by atoms with van der Waals surface area (Å²) in [7, 11) is 0. The Labute approximate surface area is 188 Å². The van der Waals surface area contributed by atoms with E-state index in [2.05, 4.69) is 46.6 Å². The third kappa shape index (κ3) is 3.13. The minimum Gasteiger partial charge on any atom is -0.452 e. The van der Waals surface area contributed by atoms with Crippen LogP contribution in [-0.2, 0) is 0 Å². The third-order valence-corrected chi connectivity index (χ3v) is 6.34. The van der Waals surface area contributed by atoms with Crippen LogP contribution in [0.15, 0.2) is 89.3 Å². The molecule has 0 bridgehead atoms. The second-order valence-electron chi connectivity index (χ2n) is 7.50. The molecule has 0 aliphatic rings. The highest BCUT2D eigenvalue weighted by atomic mass is 32.1. The SMILES string of the molecule is Cc1c(-c2nnc3sc(C=C(c4ccccc4)c4ccccc4)nn23)oc2ccccc12. The van der Waals surface area contributed by atoms with Crippen molar-refractivity contribution in [1.29, 1.82) is 0 Å². The van der Waals surface area contributed by atoms with Crippen LogP contribution in [0.2, 0.25) is 0 Å². The largest absolute Gasteiger partial charge is 0.452 e. The lowest BCUT2D eigenvalue weighted by molar-refractivity contribution is 0.619. The zero-order valence-corrected chi connectivity index (χ0v) is 18.1. The first-order valence-electron chi connectivity index (χ1n) is 10.3. The quantitative estimate of drug-likeness (QED) is 0.318. The van der Waals surface area contributed by atoms with Gasteiger partial charge in [0.2, 0.25) is 10.8 Å². The molecule has 32 heavy (non-hydrogen) atoms. The van der Waals surface area contributed by atoms with Crippen molar-refractivity contribution in [3.63, 3.8) is 0 Å². The zero-order valence-electron chi connectivity index (χ0n) is 17.3. The smallest absolute Gasteiger partial charge is 0.235 e. The fourth-order valence-electron chi connectivity index (χ4n) is 3.91. The van der Waals surface area contributed by atoms with E-state index in [-0.39, 0.29) is 0 Å². The summed E-state index contributed by atoms with van der Waals surface area (Å²) < 4.78 is 7.88. The first kappa shape index (κ1) is 18.7. The van der Waals surface area contributed by atoms with Crippen LogP contribution in [0.1, 0.15) is 21.7 Å². The van der Waals surface area contributed by atoms with Crippen molar-refractivity contribution in [2.45, 2.75) is 6.92 Å². The zero-order chi connectivity index (χ0) is 21.5. The molecular formula is C26H18N4OS. The van der Waals surface area contributed by atoms with Gasteiger partial charge in [0.15, 0.2) is 5.76 Å². The normalized spacial score (nSPS) is 11.3. The number of hydrogen-bond acceptors (Lipinski definition) is 5. The van der Waals surface area contributed by atoms with Crippen molar-refractivity contribution in [1.82, 2.24) is 19.8 Å². The summed E-state index contributed by atoms with van der Waals surface area (Å²) in [6.45, 7) is 2.04. The number of fused-ring (bicyclic) bond motifs is 2. The number of rotatable bonds is 4. The highest BCUT2D eigenvalue weighted by molar-refractivity contribution is 7.17. The van der Waals surface area contributed by atoms with E-state index < -0.39 is 0 Å². The number of para-hydroxylation sites is 1. The molecule has 3 aromatic heterocycles. The first-order valence-corrected chi connectivity index (χ1v) is 11.1. The molecule has 0 radical (unpaired) electrons. The van der Waals surface area contributed by atoms with Crippen molar-refractivity contribution < 1.29 is 4.42 Å². The van der Waals surface area contributed by atoms with Crippen LogP contribution in [0.5, 0.6) is 0 Å². The van der Waals surface area contributed by atoms with Crippen molar-refractivity contribution >= 4 is 38.9 Å². The van der Waals surface area contributed by atoms with Crippen molar-refractivity contribution in [2.75, 3.05) is 0 Å². The molecular weight excluding hydrogens is 416 g/mol. The Morgan fingerprint density at radius 2 is 1.50 bits per heavy atom. The molecule has 3 aromatic carbocycles. The molecule has 6 heteroatoms. The molecule has 0 N–H and O–H groups in total. The third-order valence-electron chi connectivity index (χ3n) is 5.49. The summed E-state index contributed by atoms with van der Waals surface area (Å²) in [6.07, 6.45) is 2.11. The highest BCUT2D eigenvalue weighted by Gasteiger charge is 2.20. The van der Waals surface area contributed by atoms with Crippen molar-refractivity contribution in [3.8, 4) is 11.6 Å². The number of nitrogens with zero attached hydrogens (tertiary/aromatic N) is 4. The molecule has 0 aliphatic carbocycles. The van der Waals surface area contributed by atoms with Gasteiger partial charge in [-0.3, -0.25) is 0 Å². The average Bonchev–Trinajstić information content (AvgIpc) is 3.51. The van der Waals surface area contributed by atoms with Crippen LogP contribution in [0.25, 0.3) is 39.2 Å². The van der Waals surface area contributed by atoms with E-state index in [1.807, 2.05) is 61.5 Å². The van der Waals surface area contributed by atoms with Crippen LogP contribution in [0.3, 0.4) is 0 Å². The van der Waals surface area contributed by atoms with Gasteiger partial charge in [0, 0.05) is 10.9 Å². The van der Waals surface area contributed by atoms with E-state index >= 15 is 0 Å². The predicted molar refractivity (Wildman–Crippen MR) is 128 cm³/mol. The fourth-order valence-corrected chi connectivity index (χ4v) is 4.69. The highest BCUT2D eigenvalue weighted by Crippen LogP contribution is 2.33. The molecule has 0 amide bonds. The lowest BCUT2D eigenvalue weighted by Gasteiger charge is -2.07. The van der Waals surface area contributed by atoms with Gasteiger partial charge in [-0.2, -0.15) is 9.61 Å². The van der Waals surface area contributed by atoms with Crippen LogP contribution in [0.4, 0.5) is 0 Å². The van der Waals surface area contributed by atoms with Gasteiger partial charge in [0.05, 0.1) is 0 Å². The molecule has 0 atom stereocenters. The van der Waals surface area contributed by atoms with Gasteiger partial charge in [-0.15, -0.1) is 10.2 Å². The Morgan fingerprint density at radius 1 is 0.844 bits per heavy atom. The van der Waals surface area contributed by atoms with E-state index in [0.29, 0.717) is 11.6 Å². The molecule has 3 heterocycles. The number of aryl methyl sites for hydroxylation is 1. The van der Waals surface area contributed by atoms with Crippen LogP contribution < -0.4 is 0 Å². The van der Waals surface area contributed by atoms with E-state index in [1.54, 1.807) is 4.52 Å². The monoisotopic (exact) mass is 434 g/mol. The summed E-state index contributed by atoms with van der Waals surface area (Å²) in [6, 6.07) is 28.7. The maximum absolute atomic E-state index is 6.11. The van der Waals surface area contributed by atoms with E-state index in [1.165, 1.54) is 11.3 Å². The summed E-state index contributed by atoms with van der Waals surface area (Å²) in [5.74, 6) is 1.32. The van der Waals surface area contributed by atoms with Crippen LogP contribution >= 0.6 is 11.3 Å². The van der Waals surface area contributed by atoms with Gasteiger partial charge in [-0.1, -0.05) is 90.2 Å². The Hall–Kier alpha value is -4.03. The standard InChI is InChI=1S/C26H18N4OS/c1-17-20-14-8-9-15-22(20)31-24(17)25-27-28-26-30(25)29-23(32-26)16-21(18-10-4-2-5-11-18)19-12-6-3-7-13-19/h2-16H,1H3. The van der Waals surface area contributed by atoms with Gasteiger partial charge < -0.3 is 4.42 Å². The molecule has 5 nitrogen and oxygen atoms in total. The number of hydrogen-bond donors (Lipinski definition) is 0. The Morgan fingerprint density at radius 3 is 2.19 bits per heavy atom. The average molecular weight is 435 g/mol. The minimum absolute atomic E-state index is 0.616. The number of benzene rings is 3. The second kappa shape index (κ2) is 7.59. The van der Waals surface area contributed by atoms with Gasteiger partial charge in [0.25, 0.3) is 0 Å². The molecule has 0 aliphatic heterocycles. The topological polar surface area (TPSA) is 56.2 Å². The molecule has 6 aromatic rings. The summed E-state index contributed by atoms with van der Waals surface area (Å²) in [4.78, 5) is 0.728. The van der Waals surface area contributed by atoms with Gasteiger partial charge in [-0.25, -0.2) is 0 Å². The lowest BCUT2D eigenvalue weighted by atomic mass is 9.98. The van der Waals surface area contributed by atoms with Gasteiger partial charge in [-0.05, 0) is 35.8 Å². The number of aromatic nitrogens is 4. The summed E-state index contributed by atoms with van der Waals surface area (Å²) in [5.41, 5.74) is 5.26. The molecule has 0 saturated heterocycles.